The fourth-order valence-corrected chi connectivity index (χ4v) is 10.9. The van der Waals surface area contributed by atoms with E-state index in [2.05, 4.69) is 93.3 Å². The highest BCUT2D eigenvalue weighted by molar-refractivity contribution is 6.99. The van der Waals surface area contributed by atoms with Crippen LogP contribution in [0.15, 0.2) is 84.9 Å². The van der Waals surface area contributed by atoms with Gasteiger partial charge in [-0.1, -0.05) is 119 Å². The summed E-state index contributed by atoms with van der Waals surface area (Å²) in [7, 11) is -0.887. The third kappa shape index (κ3) is 8.92. The number of hydrogen-bond donors (Lipinski definition) is 0. The van der Waals surface area contributed by atoms with Crippen molar-refractivity contribution in [3.05, 3.63) is 90.5 Å². The van der Waals surface area contributed by atoms with Crippen molar-refractivity contribution in [2.45, 2.75) is 89.9 Å². The molecular formula is C38H48O4Si. The molecule has 43 heavy (non-hydrogen) atoms. The lowest BCUT2D eigenvalue weighted by Gasteiger charge is -2.43. The second-order valence-corrected chi connectivity index (χ2v) is 16.9. The van der Waals surface area contributed by atoms with E-state index >= 15 is 0 Å². The van der Waals surface area contributed by atoms with Crippen molar-refractivity contribution in [3.8, 4) is 17.6 Å². The van der Waals surface area contributed by atoms with Crippen LogP contribution in [0.5, 0.6) is 5.75 Å². The topological polar surface area (TPSA) is 44.8 Å². The van der Waals surface area contributed by atoms with Crippen molar-refractivity contribution in [3.63, 3.8) is 0 Å². The highest BCUT2D eigenvalue weighted by atomic mass is 28.4. The highest BCUT2D eigenvalue weighted by Crippen LogP contribution is 2.37. The molecule has 5 heteroatoms. The van der Waals surface area contributed by atoms with Crippen molar-refractivity contribution in [2.24, 2.45) is 5.92 Å². The van der Waals surface area contributed by atoms with Crippen molar-refractivity contribution < 1.29 is 18.7 Å². The van der Waals surface area contributed by atoms with Crippen LogP contribution in [-0.2, 0) is 20.6 Å². The molecule has 1 fully saturated rings. The van der Waals surface area contributed by atoms with Gasteiger partial charge in [0.25, 0.3) is 8.32 Å². The van der Waals surface area contributed by atoms with Crippen LogP contribution in [0.25, 0.3) is 0 Å². The summed E-state index contributed by atoms with van der Waals surface area (Å²) >= 11 is 0. The maximum absolute atomic E-state index is 13.0. The van der Waals surface area contributed by atoms with Gasteiger partial charge in [-0.3, -0.25) is 4.79 Å². The van der Waals surface area contributed by atoms with E-state index in [1.807, 2.05) is 24.3 Å². The maximum Gasteiger partial charge on any atom is 0.261 e. The number of ether oxygens (including phenoxy) is 2. The molecule has 0 heterocycles. The van der Waals surface area contributed by atoms with Crippen LogP contribution in [0.2, 0.25) is 5.04 Å². The number of Topliss-reactive ketones (excluding diaryl/α,β-unsaturated/α-hetero) is 1. The second kappa shape index (κ2) is 16.1. The highest BCUT2D eigenvalue weighted by Gasteiger charge is 2.49. The molecule has 0 spiro atoms. The second-order valence-electron chi connectivity index (χ2n) is 12.6. The minimum Gasteiger partial charge on any atom is -0.497 e. The predicted octanol–water partition coefficient (Wildman–Crippen LogP) is 7.48. The number of methoxy groups -OCH3 is 1. The molecule has 4 nitrogen and oxygen atoms in total. The predicted molar refractivity (Wildman–Crippen MR) is 178 cm³/mol. The molecule has 4 rings (SSSR count). The van der Waals surface area contributed by atoms with E-state index in [0.29, 0.717) is 32.0 Å². The Kier molecular flexibility index (Phi) is 12.2. The summed E-state index contributed by atoms with van der Waals surface area (Å²) in [6.07, 6.45) is 7.59. The van der Waals surface area contributed by atoms with Gasteiger partial charge in [0, 0.05) is 19.4 Å². The monoisotopic (exact) mass is 596 g/mol. The van der Waals surface area contributed by atoms with E-state index < -0.39 is 8.32 Å². The van der Waals surface area contributed by atoms with Crippen LogP contribution < -0.4 is 15.1 Å². The molecule has 0 saturated heterocycles. The standard InChI is InChI=1S/C38H48O4Si/c1-38(2,3)43(35-20-12-6-13-21-35,36-22-14-7-15-23-36)42-28-16-8-11-19-33(39)29-37(32-17-9-5-10-18-32)41-30-31-24-26-34(40-4)27-25-31/h6-7,12-15,20-27,32,37H,5,8-10,16-18,28-30H2,1-4H3. The summed E-state index contributed by atoms with van der Waals surface area (Å²) in [5.74, 6) is 7.29. The molecular weight excluding hydrogens is 549 g/mol. The Balaban J connectivity index is 1.35. The van der Waals surface area contributed by atoms with Gasteiger partial charge < -0.3 is 13.9 Å². The Morgan fingerprint density at radius 1 is 0.884 bits per heavy atom. The largest absolute Gasteiger partial charge is 0.497 e. The smallest absolute Gasteiger partial charge is 0.261 e. The summed E-state index contributed by atoms with van der Waals surface area (Å²) in [4.78, 5) is 13.0. The van der Waals surface area contributed by atoms with Gasteiger partial charge in [0.2, 0.25) is 5.78 Å². The lowest BCUT2D eigenvalue weighted by molar-refractivity contribution is -0.118. The molecule has 0 bridgehead atoms. The van der Waals surface area contributed by atoms with Crippen LogP contribution in [0.4, 0.5) is 0 Å². The number of unbranched alkanes of at least 4 members (excludes halogenated alkanes) is 1. The average molecular weight is 597 g/mol. The zero-order valence-electron chi connectivity index (χ0n) is 26.4. The summed E-state index contributed by atoms with van der Waals surface area (Å²) in [6, 6.07) is 29.3. The lowest BCUT2D eigenvalue weighted by Crippen LogP contribution is -2.66. The SMILES string of the molecule is COc1ccc(COC(CC(=O)C#CCCCO[Si](c2ccccc2)(c2ccccc2)C(C)(C)C)C2CCCCC2)cc1. The number of carbonyl (C=O) groups excluding carboxylic acids is 1. The average Bonchev–Trinajstić information content (AvgIpc) is 3.03. The molecule has 0 N–H and O–H groups in total. The number of carbonyl (C=O) groups is 1. The minimum absolute atomic E-state index is 0.0294. The van der Waals surface area contributed by atoms with Crippen LogP contribution in [0, 0.1) is 17.8 Å². The van der Waals surface area contributed by atoms with Crippen LogP contribution in [-0.4, -0.2) is 33.9 Å². The molecule has 0 aliphatic heterocycles. The summed E-state index contributed by atoms with van der Waals surface area (Å²) in [6.45, 7) is 7.96. The Bertz CT molecular complexity index is 1270. The first-order valence-electron chi connectivity index (χ1n) is 15.8. The van der Waals surface area contributed by atoms with Gasteiger partial charge in [-0.05, 0) is 64.2 Å². The Hall–Kier alpha value is -3.17. The minimum atomic E-state index is -2.55. The third-order valence-corrected chi connectivity index (χ3v) is 13.6. The van der Waals surface area contributed by atoms with E-state index in [-0.39, 0.29) is 16.9 Å². The van der Waals surface area contributed by atoms with Crippen LogP contribution in [0.3, 0.4) is 0 Å². The van der Waals surface area contributed by atoms with Gasteiger partial charge in [0.15, 0.2) is 0 Å². The van der Waals surface area contributed by atoms with Crippen molar-refractivity contribution in [1.82, 2.24) is 0 Å². The van der Waals surface area contributed by atoms with Gasteiger partial charge >= 0.3 is 0 Å². The first-order chi connectivity index (χ1) is 20.8. The van der Waals surface area contributed by atoms with Crippen molar-refractivity contribution >= 4 is 24.5 Å². The molecule has 1 atom stereocenters. The summed E-state index contributed by atoms with van der Waals surface area (Å²) in [5.41, 5.74) is 1.08. The molecule has 1 unspecified atom stereocenters. The molecule has 3 aromatic carbocycles. The van der Waals surface area contributed by atoms with Gasteiger partial charge in [-0.2, -0.15) is 0 Å². The molecule has 1 aliphatic carbocycles. The quantitative estimate of drug-likeness (QED) is 0.0888. The van der Waals surface area contributed by atoms with E-state index in [0.717, 1.165) is 30.6 Å². The first kappa shape index (κ1) is 32.7. The molecule has 3 aromatic rings. The molecule has 0 amide bonds. The zero-order valence-corrected chi connectivity index (χ0v) is 27.4. The maximum atomic E-state index is 13.0. The number of benzene rings is 3. The van der Waals surface area contributed by atoms with Crippen LogP contribution in [0.1, 0.15) is 77.7 Å². The van der Waals surface area contributed by atoms with Gasteiger partial charge in [-0.25, -0.2) is 0 Å². The van der Waals surface area contributed by atoms with Crippen LogP contribution >= 0.6 is 0 Å². The van der Waals surface area contributed by atoms with Crippen molar-refractivity contribution in [2.75, 3.05) is 13.7 Å². The number of hydrogen-bond acceptors (Lipinski definition) is 4. The van der Waals surface area contributed by atoms with E-state index in [4.69, 9.17) is 13.9 Å². The summed E-state index contributed by atoms with van der Waals surface area (Å²) in [5, 5.41) is 2.49. The molecule has 1 saturated carbocycles. The summed E-state index contributed by atoms with van der Waals surface area (Å²) < 4.78 is 18.6. The van der Waals surface area contributed by atoms with Gasteiger partial charge in [0.1, 0.15) is 5.75 Å². The fourth-order valence-electron chi connectivity index (χ4n) is 6.33. The zero-order chi connectivity index (χ0) is 30.5. The fraction of sp³-hybridized carbons (Fsp3) is 0.447. The molecule has 0 radical (unpaired) electrons. The van der Waals surface area contributed by atoms with Crippen molar-refractivity contribution in [1.29, 1.82) is 0 Å². The Morgan fingerprint density at radius 2 is 1.49 bits per heavy atom. The third-order valence-electron chi connectivity index (χ3n) is 8.59. The normalized spacial score (nSPS) is 14.9. The van der Waals surface area contributed by atoms with Gasteiger partial charge in [0.05, 0.1) is 19.8 Å². The Morgan fingerprint density at radius 3 is 2.05 bits per heavy atom. The first-order valence-corrected chi connectivity index (χ1v) is 17.8. The van der Waals surface area contributed by atoms with E-state index in [1.165, 1.54) is 29.6 Å². The number of ketones is 1. The molecule has 228 valence electrons. The number of rotatable bonds is 13. The lowest BCUT2D eigenvalue weighted by atomic mass is 9.83. The molecule has 0 aromatic heterocycles. The van der Waals surface area contributed by atoms with Gasteiger partial charge in [-0.15, -0.1) is 0 Å². The Labute approximate surface area is 260 Å². The van der Waals surface area contributed by atoms with E-state index in [9.17, 15) is 4.79 Å². The molecule has 1 aliphatic rings. The van der Waals surface area contributed by atoms with E-state index in [1.54, 1.807) is 7.11 Å².